The fourth-order valence-electron chi connectivity index (χ4n) is 2.52. The Balaban J connectivity index is 1.88. The Hall–Kier alpha value is -3.08. The molecule has 4 aromatic rings. The lowest BCUT2D eigenvalue weighted by Gasteiger charge is -2.07. The molecule has 0 fully saturated rings. The average molecular weight is 306 g/mol. The minimum absolute atomic E-state index is 0.400. The highest BCUT2D eigenvalue weighted by atomic mass is 16.5. The van der Waals surface area contributed by atoms with Crippen LogP contribution in [0.3, 0.4) is 0 Å². The smallest absolute Gasteiger partial charge is 0.267 e. The van der Waals surface area contributed by atoms with Crippen molar-refractivity contribution < 1.29 is 13.9 Å². The van der Waals surface area contributed by atoms with Gasteiger partial charge in [0.25, 0.3) is 5.88 Å². The normalized spacial score (nSPS) is 11.0. The summed E-state index contributed by atoms with van der Waals surface area (Å²) >= 11 is 0. The predicted octanol–water partition coefficient (Wildman–Crippen LogP) is 4.49. The number of hydrogen-bond donors (Lipinski definition) is 0. The molecule has 2 aromatic heterocycles. The van der Waals surface area contributed by atoms with Crippen LogP contribution in [-0.2, 0) is 0 Å². The van der Waals surface area contributed by atoms with Crippen molar-refractivity contribution in [3.63, 3.8) is 0 Å². The van der Waals surface area contributed by atoms with Crippen LogP contribution in [0.15, 0.2) is 52.9 Å². The van der Waals surface area contributed by atoms with Crippen molar-refractivity contribution in [1.82, 2.24) is 9.97 Å². The lowest BCUT2D eigenvalue weighted by atomic mass is 10.2. The zero-order valence-electron chi connectivity index (χ0n) is 12.7. The van der Waals surface area contributed by atoms with Crippen molar-refractivity contribution in [3.8, 4) is 17.4 Å². The first kappa shape index (κ1) is 13.6. The second kappa shape index (κ2) is 5.28. The minimum atomic E-state index is 0.400. The largest absolute Gasteiger partial charge is 0.497 e. The summed E-state index contributed by atoms with van der Waals surface area (Å²) in [4.78, 5) is 8.87. The van der Waals surface area contributed by atoms with E-state index in [1.807, 2.05) is 49.4 Å². The maximum atomic E-state index is 5.92. The van der Waals surface area contributed by atoms with E-state index in [-0.39, 0.29) is 0 Å². The average Bonchev–Trinajstić information content (AvgIpc) is 2.94. The van der Waals surface area contributed by atoms with Crippen molar-refractivity contribution in [2.24, 2.45) is 0 Å². The van der Waals surface area contributed by atoms with Crippen molar-refractivity contribution in [2.75, 3.05) is 7.11 Å². The molecule has 0 amide bonds. The van der Waals surface area contributed by atoms with E-state index in [4.69, 9.17) is 13.9 Å². The SMILES string of the molecule is COc1cccc(Oc2nc(C)nc3c2oc2ccccc23)c1. The molecule has 5 nitrogen and oxygen atoms in total. The van der Waals surface area contributed by atoms with Gasteiger partial charge in [-0.25, -0.2) is 4.98 Å². The molecule has 2 heterocycles. The van der Waals surface area contributed by atoms with Gasteiger partial charge in [-0.2, -0.15) is 4.98 Å². The van der Waals surface area contributed by atoms with Gasteiger partial charge in [-0.1, -0.05) is 18.2 Å². The lowest BCUT2D eigenvalue weighted by Crippen LogP contribution is -1.94. The van der Waals surface area contributed by atoms with Gasteiger partial charge < -0.3 is 13.9 Å². The molecule has 0 atom stereocenters. The fourth-order valence-corrected chi connectivity index (χ4v) is 2.52. The van der Waals surface area contributed by atoms with E-state index < -0.39 is 0 Å². The van der Waals surface area contributed by atoms with Gasteiger partial charge in [-0.3, -0.25) is 0 Å². The molecule has 114 valence electrons. The quantitative estimate of drug-likeness (QED) is 0.558. The van der Waals surface area contributed by atoms with Crippen LogP contribution in [0.1, 0.15) is 5.82 Å². The molecule has 4 rings (SSSR count). The van der Waals surface area contributed by atoms with Crippen LogP contribution in [0.4, 0.5) is 0 Å². The topological polar surface area (TPSA) is 57.4 Å². The highest BCUT2D eigenvalue weighted by Crippen LogP contribution is 2.34. The molecule has 0 unspecified atom stereocenters. The number of para-hydroxylation sites is 1. The first-order chi connectivity index (χ1) is 11.2. The highest BCUT2D eigenvalue weighted by molar-refractivity contribution is 6.03. The van der Waals surface area contributed by atoms with Crippen molar-refractivity contribution in [3.05, 3.63) is 54.4 Å². The molecule has 0 aliphatic heterocycles. The van der Waals surface area contributed by atoms with E-state index >= 15 is 0 Å². The zero-order valence-corrected chi connectivity index (χ0v) is 12.7. The Labute approximate surface area is 132 Å². The Kier molecular flexibility index (Phi) is 3.12. The molecule has 5 heteroatoms. The van der Waals surface area contributed by atoms with E-state index in [1.165, 1.54) is 0 Å². The zero-order chi connectivity index (χ0) is 15.8. The summed E-state index contributed by atoms with van der Waals surface area (Å²) in [7, 11) is 1.62. The number of aromatic nitrogens is 2. The van der Waals surface area contributed by atoms with Gasteiger partial charge in [0.15, 0.2) is 0 Å². The molecule has 2 aromatic carbocycles. The number of rotatable bonds is 3. The molecule has 0 spiro atoms. The monoisotopic (exact) mass is 306 g/mol. The van der Waals surface area contributed by atoms with Crippen LogP contribution in [0, 0.1) is 6.92 Å². The molecule has 0 aliphatic carbocycles. The number of furan rings is 1. The van der Waals surface area contributed by atoms with Crippen LogP contribution in [0.2, 0.25) is 0 Å². The number of hydrogen-bond acceptors (Lipinski definition) is 5. The summed E-state index contributed by atoms with van der Waals surface area (Å²) in [5, 5.41) is 0.948. The standard InChI is InChI=1S/C18H14N2O3/c1-11-19-16-14-8-3-4-9-15(14)23-17(16)18(20-11)22-13-7-5-6-12(10-13)21-2/h3-10H,1-2H3. The van der Waals surface area contributed by atoms with Crippen LogP contribution in [-0.4, -0.2) is 17.1 Å². The number of nitrogens with zero attached hydrogens (tertiary/aromatic N) is 2. The van der Waals surface area contributed by atoms with Gasteiger partial charge in [0.2, 0.25) is 5.58 Å². The maximum absolute atomic E-state index is 5.92. The van der Waals surface area contributed by atoms with Crippen molar-refractivity contribution in [1.29, 1.82) is 0 Å². The van der Waals surface area contributed by atoms with E-state index in [2.05, 4.69) is 9.97 Å². The predicted molar refractivity (Wildman–Crippen MR) is 87.1 cm³/mol. The van der Waals surface area contributed by atoms with Crippen LogP contribution < -0.4 is 9.47 Å². The van der Waals surface area contributed by atoms with Crippen LogP contribution >= 0.6 is 0 Å². The number of aryl methyl sites for hydroxylation is 1. The van der Waals surface area contributed by atoms with E-state index in [1.54, 1.807) is 13.2 Å². The molecule has 23 heavy (non-hydrogen) atoms. The maximum Gasteiger partial charge on any atom is 0.267 e. The van der Waals surface area contributed by atoms with Gasteiger partial charge in [0.05, 0.1) is 7.11 Å². The van der Waals surface area contributed by atoms with E-state index in [9.17, 15) is 0 Å². The Morgan fingerprint density at radius 3 is 2.65 bits per heavy atom. The molecule has 0 aliphatic rings. The van der Waals surface area contributed by atoms with Crippen molar-refractivity contribution in [2.45, 2.75) is 6.92 Å². The van der Waals surface area contributed by atoms with Gasteiger partial charge in [-0.05, 0) is 31.2 Å². The summed E-state index contributed by atoms with van der Waals surface area (Å²) in [6.45, 7) is 1.83. The van der Waals surface area contributed by atoms with Crippen LogP contribution in [0.5, 0.6) is 17.4 Å². The minimum Gasteiger partial charge on any atom is -0.497 e. The van der Waals surface area contributed by atoms with Gasteiger partial charge >= 0.3 is 0 Å². The molecular weight excluding hydrogens is 292 g/mol. The summed E-state index contributed by atoms with van der Waals surface area (Å²) in [5.41, 5.74) is 2.06. The lowest BCUT2D eigenvalue weighted by molar-refractivity contribution is 0.406. The molecule has 0 bridgehead atoms. The highest BCUT2D eigenvalue weighted by Gasteiger charge is 2.16. The third kappa shape index (κ3) is 2.36. The molecule has 0 saturated carbocycles. The Morgan fingerprint density at radius 1 is 0.957 bits per heavy atom. The second-order valence-electron chi connectivity index (χ2n) is 5.13. The summed E-state index contributed by atoms with van der Waals surface area (Å²) < 4.78 is 17.0. The summed E-state index contributed by atoms with van der Waals surface area (Å²) in [5.74, 6) is 2.37. The van der Waals surface area contributed by atoms with Gasteiger partial charge in [-0.15, -0.1) is 0 Å². The third-order valence-corrected chi connectivity index (χ3v) is 3.56. The molecule has 0 N–H and O–H groups in total. The summed E-state index contributed by atoms with van der Waals surface area (Å²) in [6.07, 6.45) is 0. The number of benzene rings is 2. The Morgan fingerprint density at radius 2 is 1.78 bits per heavy atom. The van der Waals surface area contributed by atoms with E-state index in [0.717, 1.165) is 16.5 Å². The fraction of sp³-hybridized carbons (Fsp3) is 0.111. The summed E-state index contributed by atoms with van der Waals surface area (Å²) in [6, 6.07) is 15.1. The second-order valence-corrected chi connectivity index (χ2v) is 5.13. The number of methoxy groups -OCH3 is 1. The van der Waals surface area contributed by atoms with Crippen LogP contribution in [0.25, 0.3) is 22.1 Å². The van der Waals surface area contributed by atoms with Gasteiger partial charge in [0.1, 0.15) is 28.4 Å². The van der Waals surface area contributed by atoms with E-state index in [0.29, 0.717) is 28.8 Å². The third-order valence-electron chi connectivity index (χ3n) is 3.56. The van der Waals surface area contributed by atoms with Gasteiger partial charge in [0, 0.05) is 11.5 Å². The Bertz CT molecular complexity index is 1010. The first-order valence-electron chi connectivity index (χ1n) is 7.22. The number of fused-ring (bicyclic) bond motifs is 3. The van der Waals surface area contributed by atoms with Crippen molar-refractivity contribution >= 4 is 22.1 Å². The number of ether oxygens (including phenoxy) is 2. The molecular formula is C18H14N2O3. The molecule has 0 saturated heterocycles. The first-order valence-corrected chi connectivity index (χ1v) is 7.22. The molecule has 0 radical (unpaired) electrons.